The van der Waals surface area contributed by atoms with E-state index in [-0.39, 0.29) is 12.6 Å². The minimum absolute atomic E-state index is 0.0690. The second kappa shape index (κ2) is 15.5. The van der Waals surface area contributed by atoms with Crippen LogP contribution in [0, 0.1) is 6.92 Å². The molecule has 0 bridgehead atoms. The Morgan fingerprint density at radius 2 is 1.49 bits per heavy atom. The minimum atomic E-state index is -3.39. The Bertz CT molecular complexity index is 2160. The molecule has 3 heterocycles. The van der Waals surface area contributed by atoms with Crippen molar-refractivity contribution >= 4 is 62.1 Å². The Balaban J connectivity index is 1.53. The molecule has 9 nitrogen and oxygen atoms in total. The molecule has 1 unspecified atom stereocenters. The zero-order valence-corrected chi connectivity index (χ0v) is 34.7. The number of rotatable bonds is 11. The number of nitrogens with zero attached hydrogens (tertiary/aromatic N) is 2. The number of ether oxygens (including phenoxy) is 3. The number of fused-ring (bicyclic) bond motifs is 1. The van der Waals surface area contributed by atoms with Gasteiger partial charge >= 0.3 is 20.0 Å². The number of aryl methyl sites for hydroxylation is 1. The maximum absolute atomic E-state index is 15.0. The Morgan fingerprint density at radius 3 is 2.06 bits per heavy atom. The molecule has 2 aromatic heterocycles. The first-order valence-corrected chi connectivity index (χ1v) is 21.4. The van der Waals surface area contributed by atoms with Crippen LogP contribution in [-0.2, 0) is 30.8 Å². The SMILES string of the molecule is COc1ccccc1C(Cn1c(=O)n(C(C)(C)C(=O)O[Si](c2ccccc2)(c2ccccc2)C(C)(C)C)c(=O)c2c(C)c(Br)sc21)OC1CCOCC1. The molecule has 1 fully saturated rings. The lowest BCUT2D eigenvalue weighted by Gasteiger charge is -2.43. The zero-order chi connectivity index (χ0) is 38.1. The summed E-state index contributed by atoms with van der Waals surface area (Å²) in [5.74, 6) is -0.0384. The van der Waals surface area contributed by atoms with Gasteiger partial charge in [0.2, 0.25) is 0 Å². The fraction of sp³-hybridized carbons (Fsp3) is 0.390. The summed E-state index contributed by atoms with van der Waals surface area (Å²) in [5.41, 5.74) is -1.43. The van der Waals surface area contributed by atoms with Crippen molar-refractivity contribution < 1.29 is 23.4 Å². The second-order valence-corrected chi connectivity index (χ2v) is 21.5. The molecule has 6 rings (SSSR count). The van der Waals surface area contributed by atoms with Gasteiger partial charge in [-0.05, 0) is 76.6 Å². The quantitative estimate of drug-likeness (QED) is 0.132. The first-order chi connectivity index (χ1) is 25.2. The highest BCUT2D eigenvalue weighted by molar-refractivity contribution is 9.11. The molecule has 1 saturated heterocycles. The fourth-order valence-electron chi connectivity index (χ4n) is 7.34. The van der Waals surface area contributed by atoms with Crippen molar-refractivity contribution in [2.75, 3.05) is 20.3 Å². The average molecular weight is 820 g/mol. The highest BCUT2D eigenvalue weighted by Crippen LogP contribution is 2.39. The van der Waals surface area contributed by atoms with Crippen molar-refractivity contribution in [2.45, 2.75) is 83.7 Å². The van der Waals surface area contributed by atoms with Crippen molar-refractivity contribution in [2.24, 2.45) is 0 Å². The van der Waals surface area contributed by atoms with Gasteiger partial charge in [0.25, 0.3) is 5.56 Å². The third-order valence-electron chi connectivity index (χ3n) is 10.2. The van der Waals surface area contributed by atoms with E-state index in [2.05, 4.69) is 36.7 Å². The van der Waals surface area contributed by atoms with E-state index in [1.165, 1.54) is 11.3 Å². The van der Waals surface area contributed by atoms with E-state index in [9.17, 15) is 9.59 Å². The number of halogens is 1. The van der Waals surface area contributed by atoms with Gasteiger partial charge in [-0.25, -0.2) is 9.36 Å². The van der Waals surface area contributed by atoms with Crippen LogP contribution in [0.15, 0.2) is 98.3 Å². The number of carbonyl (C=O) groups is 1. The van der Waals surface area contributed by atoms with Crippen LogP contribution >= 0.6 is 27.3 Å². The maximum Gasteiger partial charge on any atom is 0.333 e. The maximum atomic E-state index is 15.0. The molecule has 12 heteroatoms. The van der Waals surface area contributed by atoms with Crippen LogP contribution in [0.2, 0.25) is 5.04 Å². The summed E-state index contributed by atoms with van der Waals surface area (Å²) in [5, 5.41) is 1.66. The van der Waals surface area contributed by atoms with Gasteiger partial charge in [-0.2, -0.15) is 0 Å². The number of methoxy groups -OCH3 is 1. The van der Waals surface area contributed by atoms with Gasteiger partial charge in [0.05, 0.1) is 28.9 Å². The van der Waals surface area contributed by atoms with Crippen LogP contribution in [-0.4, -0.2) is 49.8 Å². The third-order valence-corrected chi connectivity index (χ3v) is 17.3. The van der Waals surface area contributed by atoms with Crippen molar-refractivity contribution in [1.29, 1.82) is 0 Å². The van der Waals surface area contributed by atoms with Crippen molar-refractivity contribution in [3.8, 4) is 5.75 Å². The molecule has 3 aromatic carbocycles. The zero-order valence-electron chi connectivity index (χ0n) is 31.3. The van der Waals surface area contributed by atoms with Crippen LogP contribution in [0.25, 0.3) is 10.2 Å². The van der Waals surface area contributed by atoms with Crippen LogP contribution in [0.3, 0.4) is 0 Å². The van der Waals surface area contributed by atoms with E-state index >= 15 is 4.79 Å². The Hall–Kier alpha value is -3.81. The van der Waals surface area contributed by atoms with E-state index < -0.39 is 42.2 Å². The summed E-state index contributed by atoms with van der Waals surface area (Å²) >= 11 is 4.95. The molecule has 1 aliphatic rings. The number of thiophene rings is 1. The summed E-state index contributed by atoms with van der Waals surface area (Å²) < 4.78 is 28.4. The minimum Gasteiger partial charge on any atom is -0.508 e. The number of carbonyl (C=O) groups excluding carboxylic acids is 1. The largest absolute Gasteiger partial charge is 0.508 e. The standard InChI is InChI=1S/C41H47BrN2O7SSi/c1-27-34-36(45)44(41(5,6)38(46)51-53(40(2,3)4,29-16-10-8-11-17-29)30-18-12-9-13-19-30)39(47)43(37(34)52-35(27)42)26-33(50-28-22-24-49-25-23-28)31-20-14-15-21-32(31)48-7/h8-21,28,33H,22-26H2,1-7H3. The molecule has 1 aliphatic heterocycles. The second-order valence-electron chi connectivity index (χ2n) is 15.0. The summed E-state index contributed by atoms with van der Waals surface area (Å²) in [6.45, 7) is 12.5. The van der Waals surface area contributed by atoms with E-state index in [4.69, 9.17) is 18.6 Å². The summed E-state index contributed by atoms with van der Waals surface area (Å²) in [7, 11) is -1.79. The van der Waals surface area contributed by atoms with Gasteiger partial charge in [-0.1, -0.05) is 99.6 Å². The fourth-order valence-corrected chi connectivity index (χ4v) is 13.5. The number of hydrogen-bond acceptors (Lipinski definition) is 8. The highest BCUT2D eigenvalue weighted by atomic mass is 79.9. The molecular weight excluding hydrogens is 773 g/mol. The molecule has 0 radical (unpaired) electrons. The Labute approximate surface area is 323 Å². The van der Waals surface area contributed by atoms with Gasteiger partial charge in [-0.3, -0.25) is 14.2 Å². The summed E-state index contributed by atoms with van der Waals surface area (Å²) in [6, 6.07) is 27.2. The average Bonchev–Trinajstić information content (AvgIpc) is 3.45. The molecule has 280 valence electrons. The summed E-state index contributed by atoms with van der Waals surface area (Å²) in [6.07, 6.45) is 0.695. The van der Waals surface area contributed by atoms with E-state index in [1.54, 1.807) is 25.5 Å². The van der Waals surface area contributed by atoms with Gasteiger partial charge in [-0.15, -0.1) is 11.3 Å². The smallest absolute Gasteiger partial charge is 0.333 e. The molecule has 53 heavy (non-hydrogen) atoms. The van der Waals surface area contributed by atoms with Crippen molar-refractivity contribution in [3.63, 3.8) is 0 Å². The normalized spacial score (nSPS) is 15.0. The molecule has 0 amide bonds. The predicted molar refractivity (Wildman–Crippen MR) is 216 cm³/mol. The molecular formula is C41H47BrN2O7SSi. The number of benzene rings is 3. The van der Waals surface area contributed by atoms with E-state index in [0.717, 1.165) is 24.3 Å². The van der Waals surface area contributed by atoms with Crippen molar-refractivity contribution in [1.82, 2.24) is 9.13 Å². The van der Waals surface area contributed by atoms with Gasteiger partial charge < -0.3 is 18.6 Å². The first-order valence-electron chi connectivity index (χ1n) is 17.9. The van der Waals surface area contributed by atoms with Gasteiger partial charge in [0.15, 0.2) is 0 Å². The lowest BCUT2D eigenvalue weighted by atomic mass is 10.0. The molecule has 5 aromatic rings. The Morgan fingerprint density at radius 1 is 0.925 bits per heavy atom. The predicted octanol–water partition coefficient (Wildman–Crippen LogP) is 7.08. The topological polar surface area (TPSA) is 98.0 Å². The highest BCUT2D eigenvalue weighted by Gasteiger charge is 2.55. The Kier molecular flexibility index (Phi) is 11.4. The number of para-hydroxylation sites is 1. The van der Waals surface area contributed by atoms with Crippen LogP contribution < -0.4 is 26.4 Å². The molecule has 0 aliphatic carbocycles. The number of hydrogen-bond donors (Lipinski definition) is 0. The molecule has 0 saturated carbocycles. The van der Waals surface area contributed by atoms with E-state index in [0.29, 0.717) is 47.6 Å². The van der Waals surface area contributed by atoms with E-state index in [1.807, 2.05) is 91.9 Å². The molecule has 0 N–H and O–H groups in total. The number of aromatic nitrogens is 2. The molecule has 1 atom stereocenters. The van der Waals surface area contributed by atoms with Gasteiger partial charge in [0.1, 0.15) is 22.2 Å². The third kappa shape index (κ3) is 7.24. The lowest BCUT2D eigenvalue weighted by Crippen LogP contribution is -2.69. The summed E-state index contributed by atoms with van der Waals surface area (Å²) in [4.78, 5) is 45.1. The molecule has 0 spiro atoms. The van der Waals surface area contributed by atoms with Crippen LogP contribution in [0.5, 0.6) is 5.75 Å². The van der Waals surface area contributed by atoms with Crippen molar-refractivity contribution in [3.05, 3.63) is 121 Å². The lowest BCUT2D eigenvalue weighted by molar-refractivity contribution is -0.144. The van der Waals surface area contributed by atoms with Gasteiger partial charge in [0, 0.05) is 18.8 Å². The van der Waals surface area contributed by atoms with Crippen LogP contribution in [0.4, 0.5) is 0 Å². The monoisotopic (exact) mass is 818 g/mol. The first kappa shape index (κ1) is 38.9. The van der Waals surface area contributed by atoms with Crippen LogP contribution in [0.1, 0.15) is 64.7 Å².